The lowest BCUT2D eigenvalue weighted by molar-refractivity contribution is 0.499. The molecule has 0 saturated carbocycles. The summed E-state index contributed by atoms with van der Waals surface area (Å²) in [6.07, 6.45) is 0. The third-order valence-corrected chi connectivity index (χ3v) is 12.5. The van der Waals surface area contributed by atoms with E-state index >= 15 is 0 Å². The molecule has 0 bridgehead atoms. The van der Waals surface area contributed by atoms with Gasteiger partial charge in [-0.05, 0) is 84.2 Å². The van der Waals surface area contributed by atoms with E-state index in [1.54, 1.807) is 0 Å². The van der Waals surface area contributed by atoms with Crippen molar-refractivity contribution in [3.63, 3.8) is 0 Å². The minimum Gasteiger partial charge on any atom is -0.472 e. The van der Waals surface area contributed by atoms with Gasteiger partial charge in [-0.3, -0.25) is 0 Å². The Hall–Kier alpha value is -6.57. The molecule has 0 amide bonds. The topological polar surface area (TPSA) is 44.7 Å². The van der Waals surface area contributed by atoms with Crippen LogP contribution in [-0.2, 0) is 0 Å². The van der Waals surface area contributed by atoms with Crippen molar-refractivity contribution in [2.24, 2.45) is 0 Å². The summed E-state index contributed by atoms with van der Waals surface area (Å²) in [6, 6.07) is 65.4. The SMILES string of the molecule is c1ccc2cc(POc3ccc4ccccc4c3-c3c(Op4oc5ccc6ccccc6c5c5c(ccc6ccccc65)o4)ccc4ccccc34)ccc2c1. The predicted molar refractivity (Wildman–Crippen MR) is 237 cm³/mol. The summed E-state index contributed by atoms with van der Waals surface area (Å²) in [5.41, 5.74) is 3.33. The molecule has 0 aliphatic heterocycles. The highest BCUT2D eigenvalue weighted by atomic mass is 31.1. The first-order valence-corrected chi connectivity index (χ1v) is 20.6. The van der Waals surface area contributed by atoms with Crippen LogP contribution in [0.1, 0.15) is 0 Å². The van der Waals surface area contributed by atoms with E-state index in [0.717, 1.165) is 87.2 Å². The third kappa shape index (κ3) is 5.66. The normalized spacial score (nSPS) is 11.9. The Morgan fingerprint density at radius 1 is 0.375 bits per heavy atom. The van der Waals surface area contributed by atoms with Gasteiger partial charge in [-0.1, -0.05) is 158 Å². The Morgan fingerprint density at radius 2 is 0.804 bits per heavy atom. The van der Waals surface area contributed by atoms with Crippen molar-refractivity contribution in [3.05, 3.63) is 188 Å². The quantitative estimate of drug-likeness (QED) is 0.158. The van der Waals surface area contributed by atoms with Crippen LogP contribution in [0.25, 0.3) is 86.9 Å². The molecule has 4 nitrogen and oxygen atoms in total. The first-order chi connectivity index (χ1) is 27.7. The Kier molecular flexibility index (Phi) is 7.98. The fraction of sp³-hybridized carbons (Fsp3) is 0. The minimum absolute atomic E-state index is 0.0925. The van der Waals surface area contributed by atoms with Crippen molar-refractivity contribution < 1.29 is 17.4 Å². The summed E-state index contributed by atoms with van der Waals surface area (Å²) >= 11 is 0. The first-order valence-electron chi connectivity index (χ1n) is 18.6. The van der Waals surface area contributed by atoms with Crippen molar-refractivity contribution in [2.75, 3.05) is 0 Å². The Morgan fingerprint density at radius 3 is 1.39 bits per heavy atom. The minimum atomic E-state index is -1.97. The maximum absolute atomic E-state index is 7.05. The fourth-order valence-corrected chi connectivity index (χ4v) is 9.83. The monoisotopic (exact) mass is 758 g/mol. The average molecular weight is 759 g/mol. The van der Waals surface area contributed by atoms with E-state index < -0.39 is 8.24 Å². The van der Waals surface area contributed by atoms with Gasteiger partial charge in [0.25, 0.3) is 0 Å². The van der Waals surface area contributed by atoms with Crippen LogP contribution in [0.3, 0.4) is 0 Å². The van der Waals surface area contributed by atoms with Gasteiger partial charge in [0.05, 0.1) is 0 Å². The van der Waals surface area contributed by atoms with Crippen LogP contribution in [0.5, 0.6) is 11.5 Å². The van der Waals surface area contributed by atoms with E-state index in [9.17, 15) is 0 Å². The number of fused-ring (bicyclic) bond motifs is 10. The smallest absolute Gasteiger partial charge is 0.453 e. The lowest BCUT2D eigenvalue weighted by atomic mass is 9.92. The number of hydrogen-bond acceptors (Lipinski definition) is 4. The van der Waals surface area contributed by atoms with E-state index in [2.05, 4.69) is 170 Å². The molecule has 11 rings (SSSR count). The van der Waals surface area contributed by atoms with Crippen LogP contribution in [0.2, 0.25) is 0 Å². The highest BCUT2D eigenvalue weighted by molar-refractivity contribution is 7.42. The Bertz CT molecular complexity index is 3270. The molecule has 1 aromatic heterocycles. The summed E-state index contributed by atoms with van der Waals surface area (Å²) in [7, 11) is -1.88. The molecular formula is C50H32O4P2. The van der Waals surface area contributed by atoms with Crippen molar-refractivity contribution in [1.82, 2.24) is 0 Å². The Balaban J connectivity index is 1.13. The number of rotatable bonds is 6. The molecule has 1 unspecified atom stereocenters. The van der Waals surface area contributed by atoms with E-state index in [4.69, 9.17) is 17.4 Å². The zero-order valence-electron chi connectivity index (χ0n) is 30.0. The molecule has 0 saturated heterocycles. The van der Waals surface area contributed by atoms with Gasteiger partial charge in [-0.2, -0.15) is 0 Å². The molecule has 11 aromatic rings. The van der Waals surface area contributed by atoms with E-state index in [0.29, 0.717) is 5.75 Å². The van der Waals surface area contributed by atoms with Gasteiger partial charge in [-0.15, -0.1) is 0 Å². The number of benzene rings is 10. The van der Waals surface area contributed by atoms with Gasteiger partial charge in [-0.25, -0.2) is 0 Å². The molecule has 1 heterocycles. The highest BCUT2D eigenvalue weighted by Crippen LogP contribution is 2.50. The zero-order chi connectivity index (χ0) is 37.0. The third-order valence-electron chi connectivity index (χ3n) is 10.6. The van der Waals surface area contributed by atoms with Crippen LogP contribution in [0.15, 0.2) is 196 Å². The Labute approximate surface area is 325 Å². The van der Waals surface area contributed by atoms with Gasteiger partial charge < -0.3 is 17.4 Å². The fourth-order valence-electron chi connectivity index (χ4n) is 8.01. The molecule has 6 heteroatoms. The molecule has 0 spiro atoms. The highest BCUT2D eigenvalue weighted by Gasteiger charge is 2.22. The maximum atomic E-state index is 7.05. The van der Waals surface area contributed by atoms with E-state index in [1.807, 2.05) is 18.2 Å². The summed E-state index contributed by atoms with van der Waals surface area (Å²) in [4.78, 5) is 0. The van der Waals surface area contributed by atoms with Crippen molar-refractivity contribution >= 4 is 98.2 Å². The predicted octanol–water partition coefficient (Wildman–Crippen LogP) is 14.9. The second-order valence-electron chi connectivity index (χ2n) is 13.9. The molecule has 0 aliphatic carbocycles. The molecule has 0 N–H and O–H groups in total. The summed E-state index contributed by atoms with van der Waals surface area (Å²) in [6.45, 7) is 0. The summed E-state index contributed by atoms with van der Waals surface area (Å²) < 4.78 is 27.6. The molecule has 0 radical (unpaired) electrons. The number of hydrogen-bond donors (Lipinski definition) is 0. The van der Waals surface area contributed by atoms with E-state index in [-0.39, 0.29) is 8.81 Å². The van der Waals surface area contributed by atoms with Crippen LogP contribution < -0.4 is 14.4 Å². The lowest BCUT2D eigenvalue weighted by Crippen LogP contribution is -1.98. The molecule has 0 aliphatic rings. The average Bonchev–Trinajstić information content (AvgIpc) is 3.42. The summed E-state index contributed by atoms with van der Waals surface area (Å²) in [5.74, 6) is 1.43. The van der Waals surface area contributed by atoms with Crippen LogP contribution in [0, 0.1) is 0 Å². The van der Waals surface area contributed by atoms with Crippen LogP contribution in [-0.4, -0.2) is 0 Å². The van der Waals surface area contributed by atoms with Gasteiger partial charge in [0.1, 0.15) is 31.5 Å². The molecule has 56 heavy (non-hydrogen) atoms. The van der Waals surface area contributed by atoms with E-state index in [1.165, 1.54) is 10.8 Å². The molecule has 266 valence electrons. The molecular weight excluding hydrogens is 726 g/mol. The zero-order valence-corrected chi connectivity index (χ0v) is 31.9. The van der Waals surface area contributed by atoms with Gasteiger partial charge >= 0.3 is 8.24 Å². The van der Waals surface area contributed by atoms with Crippen LogP contribution in [0.4, 0.5) is 0 Å². The summed E-state index contributed by atoms with van der Waals surface area (Å²) in [5, 5.41) is 14.3. The second-order valence-corrected chi connectivity index (χ2v) is 15.9. The van der Waals surface area contributed by atoms with Crippen LogP contribution >= 0.6 is 17.0 Å². The largest absolute Gasteiger partial charge is 0.472 e. The van der Waals surface area contributed by atoms with Gasteiger partial charge in [0.2, 0.25) is 0 Å². The second kappa shape index (κ2) is 13.6. The maximum Gasteiger partial charge on any atom is 0.453 e. The van der Waals surface area contributed by atoms with Gasteiger partial charge in [0, 0.05) is 27.2 Å². The first kappa shape index (κ1) is 32.8. The molecule has 0 fully saturated rings. The molecule has 1 atom stereocenters. The van der Waals surface area contributed by atoms with Crippen molar-refractivity contribution in [2.45, 2.75) is 0 Å². The molecule has 10 aromatic carbocycles. The van der Waals surface area contributed by atoms with Crippen molar-refractivity contribution in [3.8, 4) is 22.6 Å². The lowest BCUT2D eigenvalue weighted by Gasteiger charge is -2.19. The standard InChI is InChI=1S/C50H32O4P2/c1-2-16-37-31-38(26-21-32(37)11-1)55-51-43-27-22-33-12-3-7-17-39(33)47(43)48-40-18-8-4-13-34(40)23-28-44(48)52-56-53-45-29-24-35-14-5-9-19-41(35)49(45)50-42-20-10-6-15-36(42)25-30-46(50)54-56/h1-31,55H. The van der Waals surface area contributed by atoms with Gasteiger partial charge in [0.15, 0.2) is 0 Å². The van der Waals surface area contributed by atoms with Crippen molar-refractivity contribution in [1.29, 1.82) is 0 Å².